The Labute approximate surface area is 294 Å². The lowest BCUT2D eigenvalue weighted by Crippen LogP contribution is -2.55. The van der Waals surface area contributed by atoms with E-state index in [0.29, 0.717) is 0 Å². The van der Waals surface area contributed by atoms with Gasteiger partial charge in [-0.05, 0) is 101 Å². The zero-order valence-electron chi connectivity index (χ0n) is 28.9. The van der Waals surface area contributed by atoms with Gasteiger partial charge in [0.05, 0.1) is 0 Å². The molecule has 0 aliphatic carbocycles. The Kier molecular flexibility index (Phi) is 7.93. The van der Waals surface area contributed by atoms with Crippen LogP contribution in [0.3, 0.4) is 0 Å². The molecule has 0 N–H and O–H groups in total. The van der Waals surface area contributed by atoms with Crippen LogP contribution in [-0.2, 0) is 0 Å². The first kappa shape index (κ1) is 30.9. The van der Waals surface area contributed by atoms with E-state index in [1.165, 1.54) is 104 Å². The first-order chi connectivity index (χ1) is 23.9. The van der Waals surface area contributed by atoms with Crippen molar-refractivity contribution in [1.82, 2.24) is 0 Å². The van der Waals surface area contributed by atoms with Gasteiger partial charge in [0, 0.05) is 0 Å². The summed E-state index contributed by atoms with van der Waals surface area (Å²) in [6, 6.07) is 55.6. The Hall–Kier alpha value is -5.40. The van der Waals surface area contributed by atoms with E-state index >= 15 is 0 Å². The smallest absolute Gasteiger partial charge is 0.102 e. The minimum atomic E-state index is 1.21. The van der Waals surface area contributed by atoms with Crippen LogP contribution in [0.15, 0.2) is 152 Å². The molecular formula is C44H35B5. The number of hydrogen-bond acceptors (Lipinski definition) is 0. The van der Waals surface area contributed by atoms with Crippen LogP contribution in [-0.4, -0.2) is 39.2 Å². The van der Waals surface area contributed by atoms with Crippen LogP contribution in [0.2, 0.25) is 0 Å². The number of fused-ring (bicyclic) bond motifs is 2. The molecule has 0 aromatic heterocycles. The molecule has 8 aromatic rings. The summed E-state index contributed by atoms with van der Waals surface area (Å²) in [5.41, 5.74) is 19.4. The predicted molar refractivity (Wildman–Crippen MR) is 230 cm³/mol. The topological polar surface area (TPSA) is 0 Å². The molecule has 0 nitrogen and oxygen atoms in total. The molecule has 8 aromatic carbocycles. The fourth-order valence-corrected chi connectivity index (χ4v) is 7.83. The van der Waals surface area contributed by atoms with E-state index in [0.717, 1.165) is 0 Å². The minimum absolute atomic E-state index is 1.21. The summed E-state index contributed by atoms with van der Waals surface area (Å²) in [6.45, 7) is 0. The highest BCUT2D eigenvalue weighted by Gasteiger charge is 2.21. The Morgan fingerprint density at radius 1 is 0.224 bits per heavy atom. The fourth-order valence-electron chi connectivity index (χ4n) is 7.83. The first-order valence-electron chi connectivity index (χ1n) is 17.3. The number of hydrogen-bond donors (Lipinski definition) is 0. The predicted octanol–water partition coefficient (Wildman–Crippen LogP) is 3.62. The number of rotatable bonds is 5. The van der Waals surface area contributed by atoms with E-state index in [2.05, 4.69) is 191 Å². The Bertz CT molecular complexity index is 2400. The maximum atomic E-state index is 2.39. The average Bonchev–Trinajstić information content (AvgIpc) is 3.16. The fraction of sp³-hybridized carbons (Fsp3) is 0. The van der Waals surface area contributed by atoms with Crippen LogP contribution in [0, 0.1) is 0 Å². The van der Waals surface area contributed by atoms with Gasteiger partial charge in [-0.25, -0.2) is 0 Å². The van der Waals surface area contributed by atoms with Crippen LogP contribution < -0.4 is 27.3 Å². The van der Waals surface area contributed by atoms with E-state index in [1.54, 1.807) is 0 Å². The van der Waals surface area contributed by atoms with Gasteiger partial charge in [0.1, 0.15) is 39.2 Å². The van der Waals surface area contributed by atoms with Gasteiger partial charge in [-0.3, -0.25) is 0 Å². The molecule has 226 valence electrons. The molecule has 0 heterocycles. The molecule has 8 rings (SSSR count). The standard InChI is InChI=1S/C44H35B5/c45-40-39(41(46)43(48)44(49)42(40)47)38-35-20-9-7-18-33(35)37(34-19-8-10-21-36(34)38)29-17-11-16-28(22-29)32-24-30(26-12-3-1-4-13-26)23-31(25-32)27-14-5-2-6-15-27/h1-25H,45-49H2. The van der Waals surface area contributed by atoms with Crippen molar-refractivity contribution in [3.63, 3.8) is 0 Å². The molecular weight excluding hydrogens is 583 g/mol. The zero-order valence-corrected chi connectivity index (χ0v) is 28.9. The molecule has 0 amide bonds. The highest BCUT2D eigenvalue weighted by atomic mass is 14.2. The van der Waals surface area contributed by atoms with Crippen LogP contribution in [0.4, 0.5) is 0 Å². The van der Waals surface area contributed by atoms with Crippen LogP contribution >= 0.6 is 0 Å². The highest BCUT2D eigenvalue weighted by Crippen LogP contribution is 2.43. The molecule has 0 atom stereocenters. The Balaban J connectivity index is 1.38. The van der Waals surface area contributed by atoms with Crippen LogP contribution in [0.1, 0.15) is 0 Å². The van der Waals surface area contributed by atoms with Crippen molar-refractivity contribution in [3.05, 3.63) is 152 Å². The summed E-state index contributed by atoms with van der Waals surface area (Å²) in [5.74, 6) is 0. The van der Waals surface area contributed by atoms with Gasteiger partial charge in [0.15, 0.2) is 0 Å². The Morgan fingerprint density at radius 3 is 1.02 bits per heavy atom. The molecule has 0 aliphatic rings. The third kappa shape index (κ3) is 5.35. The largest absolute Gasteiger partial charge is 0.139 e. The SMILES string of the molecule is Bc1c(B)c(B)c(-c2c3ccccc3c(-c3cccc(-c4cc(-c5ccccc5)cc(-c5ccccc5)c4)c3)c3ccccc23)c(B)c1B. The number of benzene rings is 8. The summed E-state index contributed by atoms with van der Waals surface area (Å²) < 4.78 is 0. The van der Waals surface area contributed by atoms with E-state index in [4.69, 9.17) is 0 Å². The van der Waals surface area contributed by atoms with Gasteiger partial charge in [0.25, 0.3) is 0 Å². The molecule has 0 fully saturated rings. The Morgan fingerprint density at radius 2 is 0.551 bits per heavy atom. The van der Waals surface area contributed by atoms with Crippen molar-refractivity contribution < 1.29 is 0 Å². The van der Waals surface area contributed by atoms with Crippen molar-refractivity contribution in [2.24, 2.45) is 0 Å². The monoisotopic (exact) mass is 618 g/mol. The van der Waals surface area contributed by atoms with Crippen molar-refractivity contribution >= 4 is 88.1 Å². The third-order valence-electron chi connectivity index (χ3n) is 10.8. The van der Waals surface area contributed by atoms with Crippen molar-refractivity contribution in [2.45, 2.75) is 0 Å². The lowest BCUT2D eigenvalue weighted by atomic mass is 9.59. The van der Waals surface area contributed by atoms with Gasteiger partial charge in [-0.15, -0.1) is 16.4 Å². The summed E-state index contributed by atoms with van der Waals surface area (Å²) >= 11 is 0. The molecule has 5 heteroatoms. The van der Waals surface area contributed by atoms with Gasteiger partial charge >= 0.3 is 0 Å². The second-order valence-electron chi connectivity index (χ2n) is 13.5. The van der Waals surface area contributed by atoms with Gasteiger partial charge in [-0.2, -0.15) is 0 Å². The normalized spacial score (nSPS) is 11.3. The van der Waals surface area contributed by atoms with E-state index < -0.39 is 0 Å². The van der Waals surface area contributed by atoms with E-state index in [-0.39, 0.29) is 0 Å². The van der Waals surface area contributed by atoms with Crippen LogP contribution in [0.25, 0.3) is 77.2 Å². The molecule has 0 aliphatic heterocycles. The lowest BCUT2D eigenvalue weighted by molar-refractivity contribution is 1.56. The van der Waals surface area contributed by atoms with Gasteiger partial charge in [0.2, 0.25) is 0 Å². The minimum Gasteiger partial charge on any atom is -0.102 e. The molecule has 0 bridgehead atoms. The highest BCUT2D eigenvalue weighted by molar-refractivity contribution is 6.69. The molecule has 0 saturated heterocycles. The second-order valence-corrected chi connectivity index (χ2v) is 13.5. The van der Waals surface area contributed by atoms with Crippen molar-refractivity contribution in [2.75, 3.05) is 0 Å². The average molecular weight is 618 g/mol. The zero-order chi connectivity index (χ0) is 33.6. The van der Waals surface area contributed by atoms with Crippen molar-refractivity contribution in [1.29, 1.82) is 0 Å². The second kappa shape index (κ2) is 12.6. The van der Waals surface area contributed by atoms with Gasteiger partial charge < -0.3 is 0 Å². The maximum absolute atomic E-state index is 2.39. The third-order valence-corrected chi connectivity index (χ3v) is 10.8. The molecule has 0 spiro atoms. The summed E-state index contributed by atoms with van der Waals surface area (Å²) in [5, 5.41) is 5.16. The molecule has 49 heavy (non-hydrogen) atoms. The van der Waals surface area contributed by atoms with Crippen LogP contribution in [0.5, 0.6) is 0 Å². The first-order valence-corrected chi connectivity index (χ1v) is 17.3. The molecule has 0 saturated carbocycles. The summed E-state index contributed by atoms with van der Waals surface area (Å²) in [7, 11) is 11.4. The quantitative estimate of drug-likeness (QED) is 0.205. The molecule has 0 unspecified atom stereocenters. The maximum Gasteiger partial charge on any atom is 0.139 e. The lowest BCUT2D eigenvalue weighted by Gasteiger charge is -2.24. The van der Waals surface area contributed by atoms with Crippen molar-refractivity contribution in [3.8, 4) is 55.6 Å². The van der Waals surface area contributed by atoms with E-state index in [1.807, 2.05) is 0 Å². The summed E-state index contributed by atoms with van der Waals surface area (Å²) in [6.07, 6.45) is 0. The van der Waals surface area contributed by atoms with Gasteiger partial charge in [-0.1, -0.05) is 138 Å². The molecule has 0 radical (unpaired) electrons. The summed E-state index contributed by atoms with van der Waals surface area (Å²) in [4.78, 5) is 0. The van der Waals surface area contributed by atoms with E-state index in [9.17, 15) is 0 Å².